The first-order valence-corrected chi connectivity index (χ1v) is 4.68. The number of oxazole rings is 1. The van der Waals surface area contributed by atoms with Crippen molar-refractivity contribution in [3.8, 4) is 0 Å². The van der Waals surface area contributed by atoms with Crippen molar-refractivity contribution in [2.75, 3.05) is 6.54 Å². The van der Waals surface area contributed by atoms with Crippen molar-refractivity contribution >= 4 is 11.1 Å². The van der Waals surface area contributed by atoms with E-state index in [4.69, 9.17) is 10.2 Å². The summed E-state index contributed by atoms with van der Waals surface area (Å²) >= 11 is 0. The van der Waals surface area contributed by atoms with Crippen molar-refractivity contribution in [2.45, 2.75) is 12.5 Å². The highest BCUT2D eigenvalue weighted by Crippen LogP contribution is 2.25. The molecule has 1 atom stereocenters. The fourth-order valence-electron chi connectivity index (χ4n) is 1.34. The molecule has 0 aliphatic carbocycles. The summed E-state index contributed by atoms with van der Waals surface area (Å²) in [5, 5.41) is 9.38. The minimum absolute atomic E-state index is 0.0332. The minimum atomic E-state index is -2.55. The van der Waals surface area contributed by atoms with Gasteiger partial charge in [0.15, 0.2) is 5.58 Å². The minimum Gasteiger partial charge on any atom is -0.438 e. The molecule has 2 rings (SSSR count). The number of aliphatic hydroxyl groups is 1. The molecule has 0 amide bonds. The molecule has 0 radical (unpaired) electrons. The molecule has 0 spiro atoms. The number of aromatic nitrogens is 1. The van der Waals surface area contributed by atoms with Crippen molar-refractivity contribution in [2.24, 2.45) is 5.73 Å². The first-order chi connectivity index (χ1) is 7.61. The van der Waals surface area contributed by atoms with Crippen LogP contribution in [0.15, 0.2) is 22.6 Å². The number of nitrogens with two attached hydrogens (primary N) is 1. The Kier molecular flexibility index (Phi) is 2.84. The number of hydrogen-bond donors (Lipinski definition) is 2. The van der Waals surface area contributed by atoms with Gasteiger partial charge in [0.25, 0.3) is 6.43 Å². The molecule has 0 aliphatic heterocycles. The maximum Gasteiger partial charge on any atom is 0.263 e. The van der Waals surface area contributed by atoms with E-state index in [1.54, 1.807) is 0 Å². The van der Waals surface area contributed by atoms with E-state index >= 15 is 0 Å². The molecule has 4 nitrogen and oxygen atoms in total. The topological polar surface area (TPSA) is 72.3 Å². The van der Waals surface area contributed by atoms with Crippen molar-refractivity contribution in [3.63, 3.8) is 0 Å². The van der Waals surface area contributed by atoms with E-state index in [2.05, 4.69) is 4.98 Å². The smallest absolute Gasteiger partial charge is 0.263 e. The van der Waals surface area contributed by atoms with E-state index in [0.717, 1.165) is 0 Å². The summed E-state index contributed by atoms with van der Waals surface area (Å²) in [6.45, 7) is -0.0332. The number of nitrogens with zero attached hydrogens (tertiary/aromatic N) is 1. The number of fused-ring (bicyclic) bond motifs is 1. The van der Waals surface area contributed by atoms with Crippen LogP contribution in [-0.2, 0) is 0 Å². The lowest BCUT2D eigenvalue weighted by atomic mass is 10.2. The van der Waals surface area contributed by atoms with Gasteiger partial charge in [0.2, 0.25) is 5.89 Å². The highest BCUT2D eigenvalue weighted by atomic mass is 19.3. The Balaban J connectivity index is 2.46. The van der Waals surface area contributed by atoms with E-state index in [9.17, 15) is 13.9 Å². The lowest BCUT2D eigenvalue weighted by Crippen LogP contribution is -2.11. The predicted molar refractivity (Wildman–Crippen MR) is 53.0 cm³/mol. The second-order valence-electron chi connectivity index (χ2n) is 3.33. The Morgan fingerprint density at radius 1 is 1.44 bits per heavy atom. The third-order valence-corrected chi connectivity index (χ3v) is 2.19. The number of rotatable bonds is 3. The highest BCUT2D eigenvalue weighted by molar-refractivity contribution is 5.73. The number of aliphatic hydroxyl groups excluding tert-OH is 1. The van der Waals surface area contributed by atoms with Crippen LogP contribution in [-0.4, -0.2) is 16.6 Å². The molecular formula is C10H10F2N2O2. The number of halogens is 2. The third-order valence-electron chi connectivity index (χ3n) is 2.19. The van der Waals surface area contributed by atoms with E-state index in [-0.39, 0.29) is 18.0 Å². The molecule has 1 unspecified atom stereocenters. The molecule has 1 aromatic carbocycles. The van der Waals surface area contributed by atoms with E-state index < -0.39 is 12.5 Å². The van der Waals surface area contributed by atoms with E-state index in [1.165, 1.54) is 18.2 Å². The fraction of sp³-hybridized carbons (Fsp3) is 0.300. The Labute approximate surface area is 89.7 Å². The van der Waals surface area contributed by atoms with Crippen LogP contribution in [0.2, 0.25) is 0 Å². The average molecular weight is 228 g/mol. The van der Waals surface area contributed by atoms with Gasteiger partial charge in [-0.1, -0.05) is 0 Å². The second-order valence-corrected chi connectivity index (χ2v) is 3.33. The fourth-order valence-corrected chi connectivity index (χ4v) is 1.34. The van der Waals surface area contributed by atoms with Crippen molar-refractivity contribution in [1.29, 1.82) is 0 Å². The lowest BCUT2D eigenvalue weighted by Gasteiger charge is -1.99. The van der Waals surface area contributed by atoms with Gasteiger partial charge in [-0.3, -0.25) is 0 Å². The van der Waals surface area contributed by atoms with Gasteiger partial charge in [-0.15, -0.1) is 0 Å². The quantitative estimate of drug-likeness (QED) is 0.839. The molecule has 0 bridgehead atoms. The van der Waals surface area contributed by atoms with Gasteiger partial charge in [-0.05, 0) is 18.2 Å². The molecule has 3 N–H and O–H groups in total. The first kappa shape index (κ1) is 11.0. The van der Waals surface area contributed by atoms with E-state index in [1.807, 2.05) is 0 Å². The summed E-state index contributed by atoms with van der Waals surface area (Å²) in [5.41, 5.74) is 5.75. The standard InChI is InChI=1S/C10H10F2N2O2/c11-9(12)5-1-2-8-6(3-5)14-10(16-8)7(15)4-13/h1-3,7,9,15H,4,13H2. The molecule has 6 heteroatoms. The van der Waals surface area contributed by atoms with Crippen molar-refractivity contribution < 1.29 is 18.3 Å². The summed E-state index contributed by atoms with van der Waals surface area (Å²) in [4.78, 5) is 3.90. The maximum absolute atomic E-state index is 12.4. The Morgan fingerprint density at radius 2 is 2.19 bits per heavy atom. The Hall–Kier alpha value is -1.53. The Bertz CT molecular complexity index is 499. The van der Waals surface area contributed by atoms with Crippen LogP contribution in [0, 0.1) is 0 Å². The van der Waals surface area contributed by atoms with Crippen molar-refractivity contribution in [1.82, 2.24) is 4.98 Å². The van der Waals surface area contributed by atoms with Crippen molar-refractivity contribution in [3.05, 3.63) is 29.7 Å². The second kappa shape index (κ2) is 4.15. The molecule has 0 saturated heterocycles. The molecule has 16 heavy (non-hydrogen) atoms. The van der Waals surface area contributed by atoms with Crippen LogP contribution in [0.4, 0.5) is 8.78 Å². The van der Waals surface area contributed by atoms with Crippen LogP contribution in [0.1, 0.15) is 24.0 Å². The van der Waals surface area contributed by atoms with Gasteiger partial charge in [0, 0.05) is 12.1 Å². The molecule has 86 valence electrons. The third kappa shape index (κ3) is 1.89. The zero-order valence-corrected chi connectivity index (χ0v) is 8.23. The highest BCUT2D eigenvalue weighted by Gasteiger charge is 2.15. The van der Waals surface area contributed by atoms with Crippen LogP contribution in [0.5, 0.6) is 0 Å². The molecule has 1 aromatic heterocycles. The summed E-state index contributed by atoms with van der Waals surface area (Å²) < 4.78 is 30.0. The van der Waals surface area contributed by atoms with Gasteiger partial charge in [0.1, 0.15) is 11.6 Å². The summed E-state index contributed by atoms with van der Waals surface area (Å²) in [6, 6.07) is 3.89. The maximum atomic E-state index is 12.4. The molecule has 1 heterocycles. The largest absolute Gasteiger partial charge is 0.438 e. The van der Waals surface area contributed by atoms with Gasteiger partial charge in [0.05, 0.1) is 0 Å². The van der Waals surface area contributed by atoms with Crippen LogP contribution >= 0.6 is 0 Å². The summed E-state index contributed by atoms with van der Waals surface area (Å²) in [7, 11) is 0. The average Bonchev–Trinajstić information content (AvgIpc) is 2.70. The summed E-state index contributed by atoms with van der Waals surface area (Å²) in [6.07, 6.45) is -3.56. The number of hydrogen-bond acceptors (Lipinski definition) is 4. The first-order valence-electron chi connectivity index (χ1n) is 4.68. The molecule has 0 fully saturated rings. The molecule has 0 aliphatic rings. The SMILES string of the molecule is NCC(O)c1nc2cc(C(F)F)ccc2o1. The van der Waals surface area contributed by atoms with Gasteiger partial charge in [-0.25, -0.2) is 13.8 Å². The van der Waals surface area contributed by atoms with Gasteiger partial charge >= 0.3 is 0 Å². The molecule has 2 aromatic rings. The Morgan fingerprint density at radius 3 is 2.81 bits per heavy atom. The number of benzene rings is 1. The van der Waals surface area contributed by atoms with Crippen LogP contribution < -0.4 is 5.73 Å². The van der Waals surface area contributed by atoms with Gasteiger partial charge in [-0.2, -0.15) is 0 Å². The van der Waals surface area contributed by atoms with E-state index in [0.29, 0.717) is 11.1 Å². The molecular weight excluding hydrogens is 218 g/mol. The normalized spacial score (nSPS) is 13.6. The van der Waals surface area contributed by atoms with Crippen LogP contribution in [0.25, 0.3) is 11.1 Å². The monoisotopic (exact) mass is 228 g/mol. The molecule has 0 saturated carbocycles. The number of alkyl halides is 2. The van der Waals surface area contributed by atoms with Crippen LogP contribution in [0.3, 0.4) is 0 Å². The predicted octanol–water partition coefficient (Wildman–Crippen LogP) is 1.76. The summed E-state index contributed by atoms with van der Waals surface area (Å²) in [5.74, 6) is 0.0453. The zero-order valence-electron chi connectivity index (χ0n) is 8.23. The zero-order chi connectivity index (χ0) is 11.7. The van der Waals surface area contributed by atoms with Gasteiger partial charge < -0.3 is 15.3 Å². The lowest BCUT2D eigenvalue weighted by molar-refractivity contribution is 0.151.